The van der Waals surface area contributed by atoms with E-state index in [4.69, 9.17) is 0 Å². The third-order valence-corrected chi connectivity index (χ3v) is 7.25. The molecule has 2 aromatic heterocycles. The molecule has 3 aliphatic rings. The second-order valence-corrected chi connectivity index (χ2v) is 9.65. The van der Waals surface area contributed by atoms with Crippen LogP contribution in [0.15, 0.2) is 35.5 Å². The van der Waals surface area contributed by atoms with Crippen molar-refractivity contribution in [3.05, 3.63) is 46.9 Å². The standard InChI is InChI=1S/C24H25F2N7O2/c1-32-11-28-18(9-22(32)35)14-8-20(34)15(7-16(14)25)24-27-10-21(30-31-24)33(13-3-4-13)19-6-12-2-5-17(29-12)23(19)26/h7-13,17,19,23,29,34H,2-6H2,1H3. The molecule has 1 aromatic carbocycles. The fourth-order valence-electron chi connectivity index (χ4n) is 5.28. The van der Waals surface area contributed by atoms with Gasteiger partial charge in [-0.3, -0.25) is 4.79 Å². The number of benzene rings is 1. The van der Waals surface area contributed by atoms with Crippen LogP contribution < -0.4 is 15.8 Å². The molecule has 182 valence electrons. The van der Waals surface area contributed by atoms with Gasteiger partial charge in [-0.25, -0.2) is 18.7 Å². The third-order valence-electron chi connectivity index (χ3n) is 7.25. The van der Waals surface area contributed by atoms with Gasteiger partial charge in [0.15, 0.2) is 11.6 Å². The second kappa shape index (κ2) is 8.33. The molecule has 2 N–H and O–H groups in total. The molecule has 3 fully saturated rings. The van der Waals surface area contributed by atoms with Crippen LogP contribution in [0.5, 0.6) is 5.75 Å². The number of nitrogens with one attached hydrogen (secondary N) is 1. The number of aromatic nitrogens is 5. The number of alkyl halides is 1. The van der Waals surface area contributed by atoms with Gasteiger partial charge >= 0.3 is 0 Å². The van der Waals surface area contributed by atoms with Gasteiger partial charge in [-0.1, -0.05) is 0 Å². The first-order valence-corrected chi connectivity index (χ1v) is 11.8. The van der Waals surface area contributed by atoms with Crippen LogP contribution in [-0.2, 0) is 7.05 Å². The molecule has 6 rings (SSSR count). The number of aryl methyl sites for hydroxylation is 1. The van der Waals surface area contributed by atoms with E-state index in [0.717, 1.165) is 31.7 Å². The third kappa shape index (κ3) is 3.93. The summed E-state index contributed by atoms with van der Waals surface area (Å²) < 4.78 is 31.5. The Bertz CT molecular complexity index is 1330. The van der Waals surface area contributed by atoms with Crippen LogP contribution in [0.1, 0.15) is 32.1 Å². The highest BCUT2D eigenvalue weighted by Gasteiger charge is 2.48. The summed E-state index contributed by atoms with van der Waals surface area (Å²) in [7, 11) is 1.54. The van der Waals surface area contributed by atoms with Gasteiger partial charge in [0.2, 0.25) is 0 Å². The van der Waals surface area contributed by atoms with Crippen LogP contribution in [0.2, 0.25) is 0 Å². The number of anilines is 1. The molecule has 1 aliphatic carbocycles. The van der Waals surface area contributed by atoms with Crippen molar-refractivity contribution in [1.29, 1.82) is 0 Å². The van der Waals surface area contributed by atoms with Gasteiger partial charge in [0.25, 0.3) is 5.56 Å². The molecule has 2 aliphatic heterocycles. The predicted octanol–water partition coefficient (Wildman–Crippen LogP) is 2.34. The summed E-state index contributed by atoms with van der Waals surface area (Å²) in [6, 6.07) is 3.62. The van der Waals surface area contributed by atoms with E-state index in [1.165, 1.54) is 36.3 Å². The zero-order chi connectivity index (χ0) is 24.3. The van der Waals surface area contributed by atoms with E-state index < -0.39 is 12.0 Å². The maximum Gasteiger partial charge on any atom is 0.253 e. The van der Waals surface area contributed by atoms with Crippen LogP contribution >= 0.6 is 0 Å². The van der Waals surface area contributed by atoms with Gasteiger partial charge in [0, 0.05) is 36.8 Å². The lowest BCUT2D eigenvalue weighted by Crippen LogP contribution is -2.57. The Morgan fingerprint density at radius 1 is 1.11 bits per heavy atom. The Hall–Kier alpha value is -3.47. The van der Waals surface area contributed by atoms with Crippen molar-refractivity contribution < 1.29 is 13.9 Å². The van der Waals surface area contributed by atoms with Crippen LogP contribution in [-0.4, -0.2) is 60.2 Å². The summed E-state index contributed by atoms with van der Waals surface area (Å²) in [5.74, 6) is -0.412. The Balaban J connectivity index is 1.29. The molecule has 3 aromatic rings. The maximum atomic E-state index is 15.3. The van der Waals surface area contributed by atoms with Crippen molar-refractivity contribution in [1.82, 2.24) is 30.0 Å². The molecule has 2 saturated heterocycles. The lowest BCUT2D eigenvalue weighted by atomic mass is 9.96. The summed E-state index contributed by atoms with van der Waals surface area (Å²) in [5.41, 5.74) is -0.185. The highest BCUT2D eigenvalue weighted by Crippen LogP contribution is 2.40. The SMILES string of the molecule is Cn1cnc(-c2cc(O)c(-c3ncc(N(C4CC4)C4CC5CCC(N5)C4F)nn3)cc2F)cc1=O. The van der Waals surface area contributed by atoms with E-state index in [2.05, 4.69) is 25.5 Å². The first-order chi connectivity index (χ1) is 16.9. The van der Waals surface area contributed by atoms with Crippen LogP contribution in [0.4, 0.5) is 14.6 Å². The second-order valence-electron chi connectivity index (χ2n) is 9.65. The summed E-state index contributed by atoms with van der Waals surface area (Å²) >= 11 is 0. The quantitative estimate of drug-likeness (QED) is 0.572. The molecular formula is C24H25F2N7O2. The number of halogens is 2. The summed E-state index contributed by atoms with van der Waals surface area (Å²) in [4.78, 5) is 22.3. The molecule has 11 heteroatoms. The van der Waals surface area contributed by atoms with Gasteiger partial charge < -0.3 is 19.9 Å². The molecule has 9 nitrogen and oxygen atoms in total. The number of hydrogen-bond acceptors (Lipinski definition) is 8. The van der Waals surface area contributed by atoms with E-state index in [1.807, 2.05) is 4.90 Å². The number of fused-ring (bicyclic) bond motifs is 2. The van der Waals surface area contributed by atoms with Crippen molar-refractivity contribution in [2.75, 3.05) is 4.90 Å². The molecule has 4 unspecified atom stereocenters. The first-order valence-electron chi connectivity index (χ1n) is 11.8. The summed E-state index contributed by atoms with van der Waals surface area (Å²) in [6.45, 7) is 0. The number of phenols is 1. The minimum absolute atomic E-state index is 0.0111. The van der Waals surface area contributed by atoms with Crippen molar-refractivity contribution >= 4 is 5.82 Å². The molecule has 4 atom stereocenters. The molecule has 35 heavy (non-hydrogen) atoms. The topological polar surface area (TPSA) is 109 Å². The van der Waals surface area contributed by atoms with E-state index in [9.17, 15) is 14.3 Å². The minimum Gasteiger partial charge on any atom is -0.507 e. The Morgan fingerprint density at radius 3 is 2.66 bits per heavy atom. The van der Waals surface area contributed by atoms with Gasteiger partial charge in [0.05, 0.1) is 29.8 Å². The zero-order valence-corrected chi connectivity index (χ0v) is 19.1. The molecular weight excluding hydrogens is 456 g/mol. The van der Waals surface area contributed by atoms with E-state index in [0.29, 0.717) is 18.3 Å². The van der Waals surface area contributed by atoms with Crippen molar-refractivity contribution in [3.63, 3.8) is 0 Å². The molecule has 4 heterocycles. The van der Waals surface area contributed by atoms with Crippen molar-refractivity contribution in [2.45, 2.75) is 62.4 Å². The smallest absolute Gasteiger partial charge is 0.253 e. The van der Waals surface area contributed by atoms with E-state index in [1.54, 1.807) is 0 Å². The lowest BCUT2D eigenvalue weighted by molar-refractivity contribution is 0.171. The molecule has 0 radical (unpaired) electrons. The molecule has 0 amide bonds. The zero-order valence-electron chi connectivity index (χ0n) is 19.1. The van der Waals surface area contributed by atoms with Crippen LogP contribution in [0, 0.1) is 5.82 Å². The Morgan fingerprint density at radius 2 is 1.94 bits per heavy atom. The lowest BCUT2D eigenvalue weighted by Gasteiger charge is -2.40. The molecule has 2 bridgehead atoms. The van der Waals surface area contributed by atoms with Gasteiger partial charge in [-0.15, -0.1) is 10.2 Å². The summed E-state index contributed by atoms with van der Waals surface area (Å²) in [5, 5.41) is 22.4. The number of piperidine rings is 1. The monoisotopic (exact) mass is 481 g/mol. The van der Waals surface area contributed by atoms with Crippen LogP contribution in [0.3, 0.4) is 0 Å². The van der Waals surface area contributed by atoms with Gasteiger partial charge in [-0.2, -0.15) is 0 Å². The molecule has 1 saturated carbocycles. The van der Waals surface area contributed by atoms with Gasteiger partial charge in [0.1, 0.15) is 17.7 Å². The number of aromatic hydroxyl groups is 1. The molecule has 0 spiro atoms. The Labute approximate surface area is 199 Å². The fraction of sp³-hybridized carbons (Fsp3) is 0.458. The number of rotatable bonds is 5. The predicted molar refractivity (Wildman–Crippen MR) is 124 cm³/mol. The summed E-state index contributed by atoms with van der Waals surface area (Å²) in [6.07, 6.45) is 6.29. The normalized spacial score (nSPS) is 25.6. The highest BCUT2D eigenvalue weighted by atomic mass is 19.1. The van der Waals surface area contributed by atoms with Crippen LogP contribution in [0.25, 0.3) is 22.6 Å². The fourth-order valence-corrected chi connectivity index (χ4v) is 5.28. The largest absolute Gasteiger partial charge is 0.507 e. The van der Waals surface area contributed by atoms with E-state index >= 15 is 4.39 Å². The minimum atomic E-state index is -0.995. The first kappa shape index (κ1) is 22.0. The number of phenolic OH excluding ortho intramolecular Hbond substituents is 1. The maximum absolute atomic E-state index is 15.3. The number of hydrogen-bond donors (Lipinski definition) is 2. The average Bonchev–Trinajstić information content (AvgIpc) is 3.60. The van der Waals surface area contributed by atoms with E-state index in [-0.39, 0.29) is 52.1 Å². The highest BCUT2D eigenvalue weighted by molar-refractivity contribution is 5.71. The van der Waals surface area contributed by atoms with Crippen molar-refractivity contribution in [2.24, 2.45) is 7.05 Å². The van der Waals surface area contributed by atoms with Gasteiger partial charge in [-0.05, 0) is 44.2 Å². The van der Waals surface area contributed by atoms with Crippen molar-refractivity contribution in [3.8, 4) is 28.4 Å². The average molecular weight is 482 g/mol. The number of nitrogens with zero attached hydrogens (tertiary/aromatic N) is 6. The Kier molecular flexibility index (Phi) is 5.24.